The number of rotatable bonds is 4. The Labute approximate surface area is 77.9 Å². The van der Waals surface area contributed by atoms with Gasteiger partial charge in [0.1, 0.15) is 0 Å². The van der Waals surface area contributed by atoms with E-state index in [1.807, 2.05) is 0 Å². The fraction of sp³-hybridized carbons (Fsp3) is 0.714. The molecule has 0 radical (unpaired) electrons. The van der Waals surface area contributed by atoms with Crippen molar-refractivity contribution in [2.45, 2.75) is 26.3 Å². The van der Waals surface area contributed by atoms with Gasteiger partial charge in [0.2, 0.25) is 0 Å². The van der Waals surface area contributed by atoms with Gasteiger partial charge in [-0.15, -0.1) is 12.4 Å². The summed E-state index contributed by atoms with van der Waals surface area (Å²) in [5, 5.41) is 0. The molecule has 0 saturated heterocycles. The number of carbonyl (C=O) groups excluding carboxylic acids is 2. The first-order chi connectivity index (χ1) is 5.13. The van der Waals surface area contributed by atoms with Crippen LogP contribution in [0.1, 0.15) is 20.3 Å². The number of hydrogen-bond donors (Lipinski definition) is 1. The van der Waals surface area contributed by atoms with E-state index < -0.39 is 12.0 Å². The van der Waals surface area contributed by atoms with Crippen molar-refractivity contribution < 1.29 is 14.3 Å². The summed E-state index contributed by atoms with van der Waals surface area (Å²) < 4.78 is 4.54. The van der Waals surface area contributed by atoms with E-state index in [-0.39, 0.29) is 31.2 Å². The lowest BCUT2D eigenvalue weighted by Crippen LogP contribution is -2.39. The van der Waals surface area contributed by atoms with E-state index in [0.29, 0.717) is 0 Å². The van der Waals surface area contributed by atoms with Gasteiger partial charge in [-0.2, -0.15) is 0 Å². The van der Waals surface area contributed by atoms with Crippen LogP contribution in [-0.4, -0.2) is 24.4 Å². The molecule has 1 unspecified atom stereocenters. The summed E-state index contributed by atoms with van der Waals surface area (Å²) >= 11 is 0. The fourth-order valence-corrected chi connectivity index (χ4v) is 0.583. The lowest BCUT2D eigenvalue weighted by atomic mass is 10.1. The average molecular weight is 196 g/mol. The lowest BCUT2D eigenvalue weighted by molar-refractivity contribution is -0.147. The molecule has 0 aliphatic carbocycles. The Balaban J connectivity index is 0. The minimum Gasteiger partial charge on any atom is -0.464 e. The molecule has 72 valence electrons. The number of esters is 1. The lowest BCUT2D eigenvalue weighted by Gasteiger charge is -2.06. The van der Waals surface area contributed by atoms with Gasteiger partial charge in [0, 0.05) is 6.42 Å². The van der Waals surface area contributed by atoms with Crippen LogP contribution in [0.5, 0.6) is 0 Å². The third-order valence-corrected chi connectivity index (χ3v) is 1.24. The molecule has 1 atom stereocenters. The third kappa shape index (κ3) is 4.31. The molecule has 0 rings (SSSR count). The van der Waals surface area contributed by atoms with Gasteiger partial charge in [0.25, 0.3) is 0 Å². The van der Waals surface area contributed by atoms with Crippen molar-refractivity contribution in [1.29, 1.82) is 0 Å². The molecule has 0 aliphatic rings. The summed E-state index contributed by atoms with van der Waals surface area (Å²) in [7, 11) is 0. The molecule has 0 spiro atoms. The molecule has 4 nitrogen and oxygen atoms in total. The highest BCUT2D eigenvalue weighted by Crippen LogP contribution is 1.91. The van der Waals surface area contributed by atoms with E-state index in [2.05, 4.69) is 4.74 Å². The van der Waals surface area contributed by atoms with E-state index in [1.165, 1.54) is 0 Å². The summed E-state index contributed by atoms with van der Waals surface area (Å²) in [4.78, 5) is 21.6. The van der Waals surface area contributed by atoms with Crippen LogP contribution in [0.4, 0.5) is 0 Å². The number of ether oxygens (including phenoxy) is 1. The van der Waals surface area contributed by atoms with Gasteiger partial charge in [-0.1, -0.05) is 6.92 Å². The number of nitrogens with two attached hydrogens (primary N) is 1. The van der Waals surface area contributed by atoms with Crippen LogP contribution in [0.15, 0.2) is 0 Å². The summed E-state index contributed by atoms with van der Waals surface area (Å²) in [6.45, 7) is 3.58. The molecule has 0 bridgehead atoms. The van der Waals surface area contributed by atoms with E-state index in [4.69, 9.17) is 5.73 Å². The fourth-order valence-electron chi connectivity index (χ4n) is 0.583. The molecule has 0 aromatic carbocycles. The molecule has 2 N–H and O–H groups in total. The van der Waals surface area contributed by atoms with Crippen molar-refractivity contribution in [3.63, 3.8) is 0 Å². The van der Waals surface area contributed by atoms with Gasteiger partial charge in [0.15, 0.2) is 11.8 Å². The smallest absolute Gasteiger partial charge is 0.330 e. The van der Waals surface area contributed by atoms with Crippen LogP contribution in [0, 0.1) is 0 Å². The van der Waals surface area contributed by atoms with E-state index in [9.17, 15) is 9.59 Å². The van der Waals surface area contributed by atoms with Crippen LogP contribution >= 0.6 is 12.4 Å². The maximum Gasteiger partial charge on any atom is 0.330 e. The van der Waals surface area contributed by atoms with E-state index in [1.54, 1.807) is 13.8 Å². The Morgan fingerprint density at radius 2 is 1.92 bits per heavy atom. The number of hydrogen-bond acceptors (Lipinski definition) is 4. The van der Waals surface area contributed by atoms with Gasteiger partial charge < -0.3 is 10.5 Å². The second-order valence-electron chi connectivity index (χ2n) is 2.05. The molecule has 12 heavy (non-hydrogen) atoms. The number of halogens is 1. The molecule has 0 saturated carbocycles. The third-order valence-electron chi connectivity index (χ3n) is 1.24. The monoisotopic (exact) mass is 195 g/mol. The van der Waals surface area contributed by atoms with Crippen LogP contribution in [0.25, 0.3) is 0 Å². The Morgan fingerprint density at radius 3 is 2.25 bits per heavy atom. The zero-order valence-corrected chi connectivity index (χ0v) is 8.02. The van der Waals surface area contributed by atoms with Crippen molar-refractivity contribution >= 4 is 24.2 Å². The molecular formula is C7H14ClNO3. The highest BCUT2D eigenvalue weighted by molar-refractivity contribution is 6.02. The molecule has 0 amide bonds. The van der Waals surface area contributed by atoms with Crippen molar-refractivity contribution in [2.75, 3.05) is 6.61 Å². The van der Waals surface area contributed by atoms with E-state index >= 15 is 0 Å². The van der Waals surface area contributed by atoms with Crippen molar-refractivity contribution in [3.8, 4) is 0 Å². The first-order valence-electron chi connectivity index (χ1n) is 3.58. The Bertz CT molecular complexity index is 161. The quantitative estimate of drug-likeness (QED) is 0.517. The average Bonchev–Trinajstić information content (AvgIpc) is 2.02. The summed E-state index contributed by atoms with van der Waals surface area (Å²) in [6, 6.07) is -1.10. The van der Waals surface area contributed by atoms with Gasteiger partial charge in [0.05, 0.1) is 6.61 Å². The minimum atomic E-state index is -1.10. The molecule has 5 heteroatoms. The molecule has 0 aliphatic heterocycles. The SMILES string of the molecule is CCOC(=O)C(N)C(=O)CC.Cl. The topological polar surface area (TPSA) is 69.4 Å². The van der Waals surface area contributed by atoms with Gasteiger partial charge in [-0.25, -0.2) is 4.79 Å². The highest BCUT2D eigenvalue weighted by atomic mass is 35.5. The van der Waals surface area contributed by atoms with Crippen molar-refractivity contribution in [2.24, 2.45) is 5.73 Å². The second kappa shape index (κ2) is 7.06. The Hall–Kier alpha value is -0.610. The standard InChI is InChI=1S/C7H13NO3.ClH/c1-3-5(9)6(8)7(10)11-4-2;/h6H,3-4,8H2,1-2H3;1H. The molecular weight excluding hydrogens is 182 g/mol. The largest absolute Gasteiger partial charge is 0.464 e. The zero-order valence-electron chi connectivity index (χ0n) is 7.20. The molecule has 0 aromatic heterocycles. The predicted octanol–water partition coefficient (Wildman–Crippen LogP) is 0.278. The van der Waals surface area contributed by atoms with Crippen LogP contribution in [0.2, 0.25) is 0 Å². The first-order valence-corrected chi connectivity index (χ1v) is 3.58. The predicted molar refractivity (Wildman–Crippen MR) is 47.2 cm³/mol. The van der Waals surface area contributed by atoms with Gasteiger partial charge >= 0.3 is 5.97 Å². The number of carbonyl (C=O) groups is 2. The number of Topliss-reactive ketones (excluding diaryl/α,β-unsaturated/α-hetero) is 1. The van der Waals surface area contributed by atoms with Crippen molar-refractivity contribution in [1.82, 2.24) is 0 Å². The normalized spacial score (nSPS) is 11.2. The Kier molecular flexibility index (Phi) is 8.21. The van der Waals surface area contributed by atoms with Crippen LogP contribution in [-0.2, 0) is 14.3 Å². The highest BCUT2D eigenvalue weighted by Gasteiger charge is 2.20. The minimum absolute atomic E-state index is 0. The maximum atomic E-state index is 10.8. The van der Waals surface area contributed by atoms with E-state index in [0.717, 1.165) is 0 Å². The van der Waals surface area contributed by atoms with Gasteiger partial charge in [-0.05, 0) is 6.92 Å². The zero-order chi connectivity index (χ0) is 8.85. The molecule has 0 aromatic rings. The Morgan fingerprint density at radius 1 is 1.42 bits per heavy atom. The van der Waals surface area contributed by atoms with Crippen LogP contribution < -0.4 is 5.73 Å². The second-order valence-corrected chi connectivity index (χ2v) is 2.05. The van der Waals surface area contributed by atoms with Crippen molar-refractivity contribution in [3.05, 3.63) is 0 Å². The summed E-state index contributed by atoms with van der Waals surface area (Å²) in [5.41, 5.74) is 5.23. The maximum absolute atomic E-state index is 10.8. The summed E-state index contributed by atoms with van der Waals surface area (Å²) in [5.74, 6) is -0.928. The summed E-state index contributed by atoms with van der Waals surface area (Å²) in [6.07, 6.45) is 0.264. The molecule has 0 heterocycles. The number of ketones is 1. The first kappa shape index (κ1) is 13.9. The molecule has 0 fully saturated rings. The van der Waals surface area contributed by atoms with Crippen LogP contribution in [0.3, 0.4) is 0 Å². The van der Waals surface area contributed by atoms with Gasteiger partial charge in [-0.3, -0.25) is 4.79 Å².